The first-order valence-electron chi connectivity index (χ1n) is 14.9. The maximum Gasteiger partial charge on any atom is 0.127 e. The van der Waals surface area contributed by atoms with E-state index in [-0.39, 0.29) is 0 Å². The molecule has 7 heteroatoms. The molecule has 3 heterocycles. The summed E-state index contributed by atoms with van der Waals surface area (Å²) in [7, 11) is 0. The van der Waals surface area contributed by atoms with Gasteiger partial charge in [-0.3, -0.25) is 0 Å². The third-order valence-electron chi connectivity index (χ3n) is 8.22. The smallest absolute Gasteiger partial charge is 0.127 e. The van der Waals surface area contributed by atoms with Gasteiger partial charge in [-0.1, -0.05) is 18.5 Å². The molecule has 0 radical (unpaired) electrons. The number of unbranched alkanes of at least 4 members (excludes halogenated alkanes) is 1. The first kappa shape index (κ1) is 28.5. The lowest BCUT2D eigenvalue weighted by Crippen LogP contribution is -2.33. The summed E-state index contributed by atoms with van der Waals surface area (Å²) in [5, 5.41) is 12.4. The van der Waals surface area contributed by atoms with Crippen molar-refractivity contribution in [1.82, 2.24) is 14.9 Å². The van der Waals surface area contributed by atoms with E-state index in [0.29, 0.717) is 10.9 Å². The Kier molecular flexibility index (Phi) is 8.90. The maximum atomic E-state index is 9.24. The van der Waals surface area contributed by atoms with Crippen molar-refractivity contribution in [3.63, 3.8) is 0 Å². The van der Waals surface area contributed by atoms with Gasteiger partial charge >= 0.3 is 0 Å². The van der Waals surface area contributed by atoms with Crippen LogP contribution in [0.3, 0.4) is 0 Å². The fourth-order valence-electron chi connectivity index (χ4n) is 5.84. The van der Waals surface area contributed by atoms with Crippen molar-refractivity contribution < 1.29 is 4.74 Å². The van der Waals surface area contributed by atoms with Gasteiger partial charge in [-0.2, -0.15) is 5.26 Å². The molecule has 0 atom stereocenters. The standard InChI is InChI=1S/C35H35ClN4OS/c1-2-33-34(25-7-11-29(12-8-25)41-30-13-9-28(36)10-14-30)39-35(42-33)26-16-19-40(20-17-26)18-4-3-5-27-23-38-32-15-6-24(22-37)21-31(27)32/h6-15,21,23,26,38H,2-5,16-20H2,1H3. The van der Waals surface area contributed by atoms with Gasteiger partial charge in [-0.15, -0.1) is 11.3 Å². The largest absolute Gasteiger partial charge is 0.457 e. The Bertz CT molecular complexity index is 1680. The fraction of sp³-hybridized carbons (Fsp3) is 0.314. The Morgan fingerprint density at radius 3 is 2.48 bits per heavy atom. The molecule has 5 aromatic rings. The SMILES string of the molecule is CCc1sc(C2CCN(CCCCc3c[nH]c4ccc(C#N)cc34)CC2)nc1-c1ccc(Oc2ccc(Cl)cc2)cc1. The van der Waals surface area contributed by atoms with E-state index in [4.69, 9.17) is 21.3 Å². The van der Waals surface area contributed by atoms with Gasteiger partial charge in [0, 0.05) is 38.5 Å². The average Bonchev–Trinajstić information content (AvgIpc) is 3.65. The van der Waals surface area contributed by atoms with Gasteiger partial charge in [0.25, 0.3) is 0 Å². The number of nitrogens with one attached hydrogen (secondary N) is 1. The number of nitrogens with zero attached hydrogens (tertiary/aromatic N) is 3. The number of thiazole rings is 1. The molecule has 0 spiro atoms. The molecule has 0 amide bonds. The van der Waals surface area contributed by atoms with Crippen LogP contribution in [0.15, 0.2) is 72.9 Å². The minimum atomic E-state index is 0.540. The van der Waals surface area contributed by atoms with Gasteiger partial charge in [-0.05, 0) is 130 Å². The Morgan fingerprint density at radius 1 is 1.02 bits per heavy atom. The highest BCUT2D eigenvalue weighted by molar-refractivity contribution is 7.12. The predicted molar refractivity (Wildman–Crippen MR) is 173 cm³/mol. The zero-order chi connectivity index (χ0) is 28.9. The third-order valence-corrected chi connectivity index (χ3v) is 9.83. The maximum absolute atomic E-state index is 9.24. The monoisotopic (exact) mass is 594 g/mol. The highest BCUT2D eigenvalue weighted by Crippen LogP contribution is 2.37. The number of hydrogen-bond acceptors (Lipinski definition) is 5. The lowest BCUT2D eigenvalue weighted by atomic mass is 9.97. The van der Waals surface area contributed by atoms with Crippen molar-refractivity contribution >= 4 is 33.8 Å². The first-order valence-corrected chi connectivity index (χ1v) is 16.0. The van der Waals surface area contributed by atoms with Crippen LogP contribution in [-0.2, 0) is 12.8 Å². The minimum Gasteiger partial charge on any atom is -0.457 e. The summed E-state index contributed by atoms with van der Waals surface area (Å²) in [6, 6.07) is 23.8. The molecule has 0 unspecified atom stereocenters. The summed E-state index contributed by atoms with van der Waals surface area (Å²) >= 11 is 7.89. The van der Waals surface area contributed by atoms with Gasteiger partial charge in [-0.25, -0.2) is 4.98 Å². The Balaban J connectivity index is 1.00. The molecule has 3 aromatic carbocycles. The van der Waals surface area contributed by atoms with Crippen LogP contribution in [0.1, 0.15) is 59.5 Å². The predicted octanol–water partition coefficient (Wildman–Crippen LogP) is 9.37. The summed E-state index contributed by atoms with van der Waals surface area (Å²) in [5.74, 6) is 2.11. The number of fused-ring (bicyclic) bond motifs is 1. The quantitative estimate of drug-likeness (QED) is 0.164. The van der Waals surface area contributed by atoms with E-state index in [2.05, 4.69) is 41.2 Å². The van der Waals surface area contributed by atoms with Crippen molar-refractivity contribution in [2.24, 2.45) is 0 Å². The van der Waals surface area contributed by atoms with E-state index >= 15 is 0 Å². The molecule has 214 valence electrons. The number of nitriles is 1. The molecule has 42 heavy (non-hydrogen) atoms. The molecule has 1 N–H and O–H groups in total. The van der Waals surface area contributed by atoms with Gasteiger partial charge < -0.3 is 14.6 Å². The highest BCUT2D eigenvalue weighted by Gasteiger charge is 2.24. The number of rotatable bonds is 10. The number of aryl methyl sites for hydroxylation is 2. The normalized spacial score (nSPS) is 14.3. The van der Waals surface area contributed by atoms with Gasteiger partial charge in [0.15, 0.2) is 0 Å². The van der Waals surface area contributed by atoms with Crippen molar-refractivity contribution in [2.45, 2.75) is 51.4 Å². The molecule has 0 saturated carbocycles. The third kappa shape index (κ3) is 6.55. The second kappa shape index (κ2) is 13.1. The summed E-state index contributed by atoms with van der Waals surface area (Å²) in [6.45, 7) is 5.64. The molecule has 6 rings (SSSR count). The molecular formula is C35H35ClN4OS. The molecule has 5 nitrogen and oxygen atoms in total. The number of benzene rings is 3. The van der Waals surface area contributed by atoms with E-state index in [1.165, 1.54) is 40.1 Å². The van der Waals surface area contributed by atoms with Crippen LogP contribution in [-0.4, -0.2) is 34.5 Å². The zero-order valence-electron chi connectivity index (χ0n) is 23.9. The van der Waals surface area contributed by atoms with Crippen LogP contribution in [0, 0.1) is 11.3 Å². The van der Waals surface area contributed by atoms with Crippen molar-refractivity contribution in [1.29, 1.82) is 5.26 Å². The van der Waals surface area contributed by atoms with Crippen LogP contribution in [0.2, 0.25) is 5.02 Å². The summed E-state index contributed by atoms with van der Waals surface area (Å²) in [6.07, 6.45) is 8.82. The topological polar surface area (TPSA) is 64.9 Å². The summed E-state index contributed by atoms with van der Waals surface area (Å²) in [5.41, 5.74) is 5.42. The van der Waals surface area contributed by atoms with Crippen LogP contribution in [0.25, 0.3) is 22.2 Å². The summed E-state index contributed by atoms with van der Waals surface area (Å²) < 4.78 is 5.98. The number of aromatic amines is 1. The van der Waals surface area contributed by atoms with Crippen molar-refractivity contribution in [3.05, 3.63) is 99.0 Å². The number of ether oxygens (including phenoxy) is 1. The minimum absolute atomic E-state index is 0.540. The second-order valence-corrected chi connectivity index (χ2v) is 12.6. The van der Waals surface area contributed by atoms with Crippen molar-refractivity contribution in [2.75, 3.05) is 19.6 Å². The molecule has 2 aromatic heterocycles. The number of likely N-dealkylation sites (tertiary alicyclic amines) is 1. The summed E-state index contributed by atoms with van der Waals surface area (Å²) in [4.78, 5) is 12.5. The second-order valence-electron chi connectivity index (χ2n) is 11.0. The number of hydrogen-bond donors (Lipinski definition) is 1. The lowest BCUT2D eigenvalue weighted by molar-refractivity contribution is 0.209. The number of piperidine rings is 1. The molecule has 1 saturated heterocycles. The van der Waals surface area contributed by atoms with E-state index in [1.807, 2.05) is 65.9 Å². The first-order chi connectivity index (χ1) is 20.6. The lowest BCUT2D eigenvalue weighted by Gasteiger charge is -2.31. The molecule has 1 aliphatic heterocycles. The Labute approximate surface area is 256 Å². The van der Waals surface area contributed by atoms with E-state index < -0.39 is 0 Å². The van der Waals surface area contributed by atoms with Crippen LogP contribution in [0.4, 0.5) is 0 Å². The number of aromatic nitrogens is 2. The zero-order valence-corrected chi connectivity index (χ0v) is 25.5. The highest BCUT2D eigenvalue weighted by atomic mass is 35.5. The van der Waals surface area contributed by atoms with E-state index in [0.717, 1.165) is 72.7 Å². The number of H-pyrrole nitrogens is 1. The van der Waals surface area contributed by atoms with Crippen LogP contribution in [0.5, 0.6) is 11.5 Å². The molecule has 0 bridgehead atoms. The number of halogens is 1. The molecule has 1 aliphatic rings. The van der Waals surface area contributed by atoms with E-state index in [1.54, 1.807) is 0 Å². The van der Waals surface area contributed by atoms with Gasteiger partial charge in [0.05, 0.1) is 22.3 Å². The van der Waals surface area contributed by atoms with E-state index in [9.17, 15) is 5.26 Å². The molecular weight excluding hydrogens is 560 g/mol. The van der Waals surface area contributed by atoms with Crippen molar-refractivity contribution in [3.8, 4) is 28.8 Å². The average molecular weight is 595 g/mol. The van der Waals surface area contributed by atoms with Crippen LogP contribution >= 0.6 is 22.9 Å². The fourth-order valence-corrected chi connectivity index (χ4v) is 7.16. The van der Waals surface area contributed by atoms with Gasteiger partial charge in [0.1, 0.15) is 11.5 Å². The Morgan fingerprint density at radius 2 is 1.76 bits per heavy atom. The molecule has 0 aliphatic carbocycles. The Hall–Kier alpha value is -3.63. The van der Waals surface area contributed by atoms with Gasteiger partial charge in [0.2, 0.25) is 0 Å². The molecule has 1 fully saturated rings. The van der Waals surface area contributed by atoms with Crippen LogP contribution < -0.4 is 4.74 Å².